The van der Waals surface area contributed by atoms with Crippen LogP contribution in [0.3, 0.4) is 0 Å². The highest BCUT2D eigenvalue weighted by molar-refractivity contribution is 5.95. The predicted molar refractivity (Wildman–Crippen MR) is 176 cm³/mol. The number of aromatic nitrogens is 2. The number of nitrogens with zero attached hydrogens (tertiary/aromatic N) is 4. The Morgan fingerprint density at radius 2 is 1.70 bits per heavy atom. The van der Waals surface area contributed by atoms with E-state index in [0.29, 0.717) is 24.4 Å². The van der Waals surface area contributed by atoms with Gasteiger partial charge in [0.2, 0.25) is 5.91 Å². The lowest BCUT2D eigenvalue weighted by Gasteiger charge is -2.35. The number of nitrogens with one attached hydrogen (secondary N) is 1. The van der Waals surface area contributed by atoms with E-state index in [2.05, 4.69) is 21.4 Å². The van der Waals surface area contributed by atoms with Crippen molar-refractivity contribution in [3.63, 3.8) is 0 Å². The van der Waals surface area contributed by atoms with E-state index in [0.717, 1.165) is 40.6 Å². The summed E-state index contributed by atoms with van der Waals surface area (Å²) in [5.41, 5.74) is 3.91. The molecule has 8 heteroatoms. The minimum Gasteiger partial charge on any atom is -0.487 e. The molecule has 6 rings (SSSR count). The summed E-state index contributed by atoms with van der Waals surface area (Å²) in [6.45, 7) is 1.41. The zero-order valence-electron chi connectivity index (χ0n) is 25.5. The van der Waals surface area contributed by atoms with Gasteiger partial charge in [0.1, 0.15) is 12.4 Å². The van der Waals surface area contributed by atoms with E-state index in [-0.39, 0.29) is 36.7 Å². The first kappa shape index (κ1) is 30.5. The van der Waals surface area contributed by atoms with E-state index in [9.17, 15) is 14.9 Å². The quantitative estimate of drug-likeness (QED) is 0.191. The number of amides is 2. The van der Waals surface area contributed by atoms with Gasteiger partial charge < -0.3 is 15.0 Å². The summed E-state index contributed by atoms with van der Waals surface area (Å²) in [5, 5.41) is 14.0. The number of benzene rings is 3. The van der Waals surface area contributed by atoms with E-state index in [4.69, 9.17) is 4.74 Å². The molecule has 3 heterocycles. The van der Waals surface area contributed by atoms with Crippen LogP contribution in [0.5, 0.6) is 5.75 Å². The van der Waals surface area contributed by atoms with Gasteiger partial charge in [-0.2, -0.15) is 5.26 Å². The van der Waals surface area contributed by atoms with Crippen LogP contribution < -0.4 is 10.1 Å². The van der Waals surface area contributed by atoms with E-state index in [1.54, 1.807) is 30.6 Å². The molecule has 0 spiro atoms. The number of carbonyl (C=O) groups is 2. The third-order valence-electron chi connectivity index (χ3n) is 8.57. The minimum absolute atomic E-state index is 0.0255. The van der Waals surface area contributed by atoms with Crippen LogP contribution in [0.2, 0.25) is 0 Å². The summed E-state index contributed by atoms with van der Waals surface area (Å²) in [5.74, 6) is 0.158. The van der Waals surface area contributed by atoms with E-state index in [1.165, 1.54) is 0 Å². The molecule has 1 N–H and O–H groups in total. The average Bonchev–Trinajstić information content (AvgIpc) is 3.12. The third kappa shape index (κ3) is 7.39. The summed E-state index contributed by atoms with van der Waals surface area (Å²) in [6, 6.07) is 34.2. The van der Waals surface area contributed by atoms with Gasteiger partial charge in [0.15, 0.2) is 0 Å². The van der Waals surface area contributed by atoms with Gasteiger partial charge >= 0.3 is 0 Å². The molecule has 0 radical (unpaired) electrons. The molecule has 2 unspecified atom stereocenters. The molecule has 2 atom stereocenters. The molecular weight excluding hydrogens is 574 g/mol. The Labute approximate surface area is 268 Å². The molecule has 46 heavy (non-hydrogen) atoms. The highest BCUT2D eigenvalue weighted by Gasteiger charge is 2.31. The molecule has 1 fully saturated rings. The Bertz CT molecular complexity index is 1830. The lowest BCUT2D eigenvalue weighted by atomic mass is 9.81. The molecule has 1 aliphatic heterocycles. The summed E-state index contributed by atoms with van der Waals surface area (Å²) in [4.78, 5) is 37.7. The Morgan fingerprint density at radius 1 is 0.913 bits per heavy atom. The summed E-state index contributed by atoms with van der Waals surface area (Å²) in [7, 11) is 0. The van der Waals surface area contributed by atoms with Gasteiger partial charge in [0.25, 0.3) is 5.91 Å². The average molecular weight is 610 g/mol. The van der Waals surface area contributed by atoms with Crippen molar-refractivity contribution in [1.82, 2.24) is 20.2 Å². The predicted octanol–water partition coefficient (Wildman–Crippen LogP) is 6.62. The number of hydrogen-bond acceptors (Lipinski definition) is 6. The molecule has 5 aromatic rings. The number of pyridine rings is 2. The number of carbonyl (C=O) groups excluding carboxylic acids is 2. The maximum atomic E-state index is 13.5. The normalized spacial score (nSPS) is 14.6. The van der Waals surface area contributed by atoms with Crippen molar-refractivity contribution in [2.75, 3.05) is 13.1 Å². The Morgan fingerprint density at radius 3 is 2.48 bits per heavy atom. The monoisotopic (exact) mass is 609 g/mol. The van der Waals surface area contributed by atoms with Gasteiger partial charge in [-0.15, -0.1) is 0 Å². The van der Waals surface area contributed by atoms with Gasteiger partial charge in [0.05, 0.1) is 35.7 Å². The second-order valence-electron chi connectivity index (χ2n) is 11.6. The molecule has 2 aromatic heterocycles. The first-order valence-corrected chi connectivity index (χ1v) is 15.6. The molecule has 8 nitrogen and oxygen atoms in total. The van der Waals surface area contributed by atoms with Crippen molar-refractivity contribution in [2.45, 2.75) is 37.8 Å². The van der Waals surface area contributed by atoms with Gasteiger partial charge in [-0.05, 0) is 66.3 Å². The molecule has 230 valence electrons. The fourth-order valence-electron chi connectivity index (χ4n) is 6.05. The largest absolute Gasteiger partial charge is 0.487 e. The fourth-order valence-corrected chi connectivity index (χ4v) is 6.05. The standard InChI is InChI=1S/C38H35N5O3/c39-24-34(31-12-7-19-40-25-31)27-17-20-43(21-18-27)37(44)23-36(28-8-2-1-3-9-28)42-38(45)30-11-6-13-33(22-30)46-26-32-16-15-29-10-4-5-14-35(29)41-32/h1-16,19,22,25,27,34,36H,17-18,20-21,23,26H2,(H,42,45). The summed E-state index contributed by atoms with van der Waals surface area (Å²) < 4.78 is 6.00. The maximum Gasteiger partial charge on any atom is 0.251 e. The minimum atomic E-state index is -0.507. The summed E-state index contributed by atoms with van der Waals surface area (Å²) >= 11 is 0. The summed E-state index contributed by atoms with van der Waals surface area (Å²) in [6.07, 6.45) is 5.07. The highest BCUT2D eigenvalue weighted by Crippen LogP contribution is 2.32. The molecule has 1 aliphatic rings. The zero-order chi connectivity index (χ0) is 31.7. The van der Waals surface area contributed by atoms with Crippen LogP contribution >= 0.6 is 0 Å². The highest BCUT2D eigenvalue weighted by atomic mass is 16.5. The van der Waals surface area contributed by atoms with Gasteiger partial charge in [-0.25, -0.2) is 4.98 Å². The number of ether oxygens (including phenoxy) is 1. The van der Waals surface area contributed by atoms with Crippen molar-refractivity contribution >= 4 is 22.7 Å². The van der Waals surface area contributed by atoms with Crippen LogP contribution in [-0.2, 0) is 11.4 Å². The van der Waals surface area contributed by atoms with Gasteiger partial charge in [-0.1, -0.05) is 66.7 Å². The molecule has 0 saturated carbocycles. The number of likely N-dealkylation sites (tertiary alicyclic amines) is 1. The second-order valence-corrected chi connectivity index (χ2v) is 11.6. The topological polar surface area (TPSA) is 108 Å². The van der Waals surface area contributed by atoms with Crippen molar-refractivity contribution in [1.29, 1.82) is 5.26 Å². The van der Waals surface area contributed by atoms with Crippen LogP contribution in [0.25, 0.3) is 10.9 Å². The fraction of sp³-hybridized carbons (Fsp3) is 0.237. The number of rotatable bonds is 10. The van der Waals surface area contributed by atoms with Crippen LogP contribution in [0.4, 0.5) is 0 Å². The zero-order valence-corrected chi connectivity index (χ0v) is 25.5. The number of piperidine rings is 1. The van der Waals surface area contributed by atoms with Crippen molar-refractivity contribution in [2.24, 2.45) is 5.92 Å². The molecule has 1 saturated heterocycles. The SMILES string of the molecule is N#CC(c1cccnc1)C1CCN(C(=O)CC(NC(=O)c2cccc(OCc3ccc4ccccc4n3)c2)c2ccccc2)CC1. The van der Waals surface area contributed by atoms with Crippen LogP contribution in [0.15, 0.2) is 116 Å². The number of para-hydroxylation sites is 1. The second kappa shape index (κ2) is 14.5. The maximum absolute atomic E-state index is 13.5. The van der Waals surface area contributed by atoms with Crippen LogP contribution in [0, 0.1) is 17.2 Å². The number of fused-ring (bicyclic) bond motifs is 1. The van der Waals surface area contributed by atoms with Crippen molar-refractivity contribution in [3.8, 4) is 11.8 Å². The lowest BCUT2D eigenvalue weighted by Crippen LogP contribution is -2.41. The first-order chi connectivity index (χ1) is 22.6. The lowest BCUT2D eigenvalue weighted by molar-refractivity contribution is -0.133. The molecular formula is C38H35N5O3. The molecule has 0 bridgehead atoms. The van der Waals surface area contributed by atoms with E-state index >= 15 is 0 Å². The van der Waals surface area contributed by atoms with Crippen molar-refractivity contribution < 1.29 is 14.3 Å². The molecule has 2 amide bonds. The van der Waals surface area contributed by atoms with Gasteiger partial charge in [0, 0.05) is 36.4 Å². The van der Waals surface area contributed by atoms with Crippen LogP contribution in [-0.4, -0.2) is 39.8 Å². The van der Waals surface area contributed by atoms with E-state index < -0.39 is 6.04 Å². The Kier molecular flexibility index (Phi) is 9.60. The molecule has 0 aliphatic carbocycles. The number of nitriles is 1. The Balaban J connectivity index is 1.09. The first-order valence-electron chi connectivity index (χ1n) is 15.6. The third-order valence-corrected chi connectivity index (χ3v) is 8.57. The number of hydrogen-bond donors (Lipinski definition) is 1. The van der Waals surface area contributed by atoms with Gasteiger partial charge in [-0.3, -0.25) is 14.6 Å². The van der Waals surface area contributed by atoms with Crippen molar-refractivity contribution in [3.05, 3.63) is 138 Å². The van der Waals surface area contributed by atoms with E-state index in [1.807, 2.05) is 89.8 Å². The Hall–Kier alpha value is -5.55. The molecule has 3 aromatic carbocycles. The smallest absolute Gasteiger partial charge is 0.251 e. The van der Waals surface area contributed by atoms with Crippen LogP contribution in [0.1, 0.15) is 58.4 Å².